The molecule has 5 heteroatoms. The molecule has 0 heterocycles. The van der Waals surface area contributed by atoms with Crippen molar-refractivity contribution in [2.45, 2.75) is 90.1 Å². The van der Waals surface area contributed by atoms with Crippen LogP contribution in [0.1, 0.15) is 84.0 Å². The number of allylic oxidation sites excluding steroid dienone is 8. The minimum atomic E-state index is -1.33. The standard InChI is InChI=1S/C29H49NO4/c1-5-6-7-8-9-10-11-12-13-14-15-16-17-18-19-20-21-22-23-24-26(31)28(29(33)34)27(32)25-30(2,3)4/h9-10,12-13,15-16,18-19,27-28,32H,5-8,11,14,17,20-25H2,1-4H3/p+1/b10-9-,13-12-,16-15-,19-18-. The number of rotatable bonds is 21. The monoisotopic (exact) mass is 476 g/mol. The fourth-order valence-electron chi connectivity index (χ4n) is 3.64. The van der Waals surface area contributed by atoms with Crippen LogP contribution in [0.25, 0.3) is 0 Å². The molecule has 2 N–H and O–H groups in total. The molecule has 0 bridgehead atoms. The average Bonchev–Trinajstić information content (AvgIpc) is 2.73. The number of carboxylic acid groups (broad SMARTS) is 1. The predicted octanol–water partition coefficient (Wildman–Crippen LogP) is 6.25. The molecule has 0 fully saturated rings. The maximum Gasteiger partial charge on any atom is 0.316 e. The molecule has 0 spiro atoms. The Morgan fingerprint density at radius 3 is 1.65 bits per heavy atom. The van der Waals surface area contributed by atoms with Gasteiger partial charge in [0.05, 0.1) is 21.1 Å². The van der Waals surface area contributed by atoms with E-state index in [1.165, 1.54) is 25.7 Å². The smallest absolute Gasteiger partial charge is 0.316 e. The van der Waals surface area contributed by atoms with Crippen molar-refractivity contribution in [3.63, 3.8) is 0 Å². The van der Waals surface area contributed by atoms with Crippen LogP contribution in [0.3, 0.4) is 0 Å². The minimum absolute atomic E-state index is 0.208. The number of carbonyl (C=O) groups excluding carboxylic acids is 1. The predicted molar refractivity (Wildman–Crippen MR) is 143 cm³/mol. The van der Waals surface area contributed by atoms with Gasteiger partial charge in [0, 0.05) is 6.42 Å². The molecule has 0 aliphatic carbocycles. The lowest BCUT2D eigenvalue weighted by molar-refractivity contribution is -0.873. The Balaban J connectivity index is 3.87. The van der Waals surface area contributed by atoms with Crippen LogP contribution >= 0.6 is 0 Å². The van der Waals surface area contributed by atoms with Crippen molar-refractivity contribution in [3.05, 3.63) is 48.6 Å². The number of aliphatic carboxylic acids is 1. The molecule has 0 aromatic heterocycles. The molecule has 0 saturated carbocycles. The maximum atomic E-state index is 12.3. The summed E-state index contributed by atoms with van der Waals surface area (Å²) in [6, 6.07) is 0. The summed E-state index contributed by atoms with van der Waals surface area (Å²) < 4.78 is 0.410. The highest BCUT2D eigenvalue weighted by molar-refractivity contribution is 5.98. The molecule has 0 radical (unpaired) electrons. The summed E-state index contributed by atoms with van der Waals surface area (Å²) in [5.74, 6) is -2.93. The zero-order valence-corrected chi connectivity index (χ0v) is 22.1. The molecule has 0 rings (SSSR count). The molecule has 194 valence electrons. The van der Waals surface area contributed by atoms with Crippen molar-refractivity contribution >= 4 is 11.8 Å². The Labute approximate surface area is 208 Å². The summed E-state index contributed by atoms with van der Waals surface area (Å²) in [5.41, 5.74) is 0. The van der Waals surface area contributed by atoms with E-state index >= 15 is 0 Å². The highest BCUT2D eigenvalue weighted by Gasteiger charge is 2.36. The van der Waals surface area contributed by atoms with E-state index in [-0.39, 0.29) is 18.7 Å². The summed E-state index contributed by atoms with van der Waals surface area (Å²) >= 11 is 0. The Morgan fingerprint density at radius 1 is 0.735 bits per heavy atom. The number of quaternary nitrogens is 1. The number of carbonyl (C=O) groups is 2. The number of unbranched alkanes of at least 4 members (excludes halogenated alkanes) is 6. The van der Waals surface area contributed by atoms with Crippen molar-refractivity contribution in [2.75, 3.05) is 27.7 Å². The van der Waals surface area contributed by atoms with Crippen LogP contribution in [0, 0.1) is 5.92 Å². The number of likely N-dealkylation sites (N-methyl/N-ethyl adjacent to an activating group) is 1. The third kappa shape index (κ3) is 19.5. The van der Waals surface area contributed by atoms with E-state index in [0.717, 1.165) is 38.5 Å². The first-order chi connectivity index (χ1) is 16.2. The summed E-state index contributed by atoms with van der Waals surface area (Å²) in [6.45, 7) is 2.46. The van der Waals surface area contributed by atoms with Crippen LogP contribution in [-0.2, 0) is 9.59 Å². The third-order valence-electron chi connectivity index (χ3n) is 5.48. The van der Waals surface area contributed by atoms with Crippen LogP contribution in [0.5, 0.6) is 0 Å². The van der Waals surface area contributed by atoms with Crippen LogP contribution in [-0.4, -0.2) is 60.2 Å². The Morgan fingerprint density at radius 2 is 1.21 bits per heavy atom. The van der Waals surface area contributed by atoms with E-state index in [4.69, 9.17) is 0 Å². The second kappa shape index (κ2) is 20.4. The number of Topliss-reactive ketones (excluding diaryl/α,β-unsaturated/α-hetero) is 1. The van der Waals surface area contributed by atoms with Crippen LogP contribution in [0.2, 0.25) is 0 Å². The number of aliphatic hydroxyl groups is 1. The van der Waals surface area contributed by atoms with Crippen molar-refractivity contribution in [1.29, 1.82) is 0 Å². The van der Waals surface area contributed by atoms with E-state index in [1.807, 2.05) is 21.1 Å². The van der Waals surface area contributed by atoms with Gasteiger partial charge in [0.2, 0.25) is 0 Å². The van der Waals surface area contributed by atoms with Gasteiger partial charge in [-0.3, -0.25) is 9.59 Å². The molecule has 0 aromatic rings. The lowest BCUT2D eigenvalue weighted by Gasteiger charge is -2.28. The lowest BCUT2D eigenvalue weighted by atomic mass is 9.93. The molecular formula is C29H50NO4+. The largest absolute Gasteiger partial charge is 0.481 e. The summed E-state index contributed by atoms with van der Waals surface area (Å²) in [5, 5.41) is 19.6. The Kier molecular flexibility index (Phi) is 19.2. The number of hydrogen-bond donors (Lipinski definition) is 2. The molecule has 2 atom stereocenters. The van der Waals surface area contributed by atoms with Gasteiger partial charge in [-0.25, -0.2) is 0 Å². The zero-order valence-electron chi connectivity index (χ0n) is 22.1. The third-order valence-corrected chi connectivity index (χ3v) is 5.48. The molecule has 0 amide bonds. The van der Waals surface area contributed by atoms with E-state index < -0.39 is 18.0 Å². The van der Waals surface area contributed by atoms with Crippen LogP contribution in [0.4, 0.5) is 0 Å². The quantitative estimate of drug-likeness (QED) is 0.0889. The van der Waals surface area contributed by atoms with Crippen molar-refractivity contribution < 1.29 is 24.3 Å². The second-order valence-electron chi connectivity index (χ2n) is 10.0. The summed E-state index contributed by atoms with van der Waals surface area (Å²) in [7, 11) is 5.59. The molecule has 5 nitrogen and oxygen atoms in total. The van der Waals surface area contributed by atoms with Crippen molar-refractivity contribution in [2.24, 2.45) is 5.92 Å². The van der Waals surface area contributed by atoms with Gasteiger partial charge in [-0.05, 0) is 51.4 Å². The number of aliphatic hydroxyl groups excluding tert-OH is 1. The molecule has 2 unspecified atom stereocenters. The molecule has 0 saturated heterocycles. The molecule has 0 aromatic carbocycles. The van der Waals surface area contributed by atoms with Gasteiger partial charge in [-0.15, -0.1) is 0 Å². The number of hydrogen-bond acceptors (Lipinski definition) is 3. The first-order valence-electron chi connectivity index (χ1n) is 13.0. The van der Waals surface area contributed by atoms with E-state index in [1.54, 1.807) is 0 Å². The van der Waals surface area contributed by atoms with Crippen LogP contribution in [0.15, 0.2) is 48.6 Å². The normalized spacial score (nSPS) is 14.6. The van der Waals surface area contributed by atoms with Crippen molar-refractivity contribution in [3.8, 4) is 0 Å². The van der Waals surface area contributed by atoms with Gasteiger partial charge in [-0.2, -0.15) is 0 Å². The van der Waals surface area contributed by atoms with E-state index in [0.29, 0.717) is 10.9 Å². The Hall–Kier alpha value is -1.98. The van der Waals surface area contributed by atoms with Gasteiger partial charge < -0.3 is 14.7 Å². The average molecular weight is 477 g/mol. The SMILES string of the molecule is CCCCC/C=C\C/C=C\C/C=C\C/C=C\CCCCCC(=O)C(C(=O)O)C(O)C[N+](C)(C)C. The van der Waals surface area contributed by atoms with E-state index in [9.17, 15) is 19.8 Å². The van der Waals surface area contributed by atoms with Crippen LogP contribution < -0.4 is 0 Å². The highest BCUT2D eigenvalue weighted by Crippen LogP contribution is 2.15. The van der Waals surface area contributed by atoms with Gasteiger partial charge in [0.15, 0.2) is 0 Å². The van der Waals surface area contributed by atoms with Gasteiger partial charge in [0.1, 0.15) is 24.3 Å². The fraction of sp³-hybridized carbons (Fsp3) is 0.655. The second-order valence-corrected chi connectivity index (χ2v) is 10.0. The van der Waals surface area contributed by atoms with Gasteiger partial charge in [-0.1, -0.05) is 74.8 Å². The zero-order chi connectivity index (χ0) is 25.7. The number of carboxylic acids is 1. The van der Waals surface area contributed by atoms with Gasteiger partial charge >= 0.3 is 5.97 Å². The minimum Gasteiger partial charge on any atom is -0.481 e. The fourth-order valence-corrected chi connectivity index (χ4v) is 3.64. The maximum absolute atomic E-state index is 12.3. The van der Waals surface area contributed by atoms with Crippen molar-refractivity contribution in [1.82, 2.24) is 0 Å². The molecule has 0 aliphatic heterocycles. The highest BCUT2D eigenvalue weighted by atomic mass is 16.4. The van der Waals surface area contributed by atoms with E-state index in [2.05, 4.69) is 55.5 Å². The molecule has 34 heavy (non-hydrogen) atoms. The lowest BCUT2D eigenvalue weighted by Crippen LogP contribution is -2.47. The topological polar surface area (TPSA) is 74.6 Å². The first kappa shape index (κ1) is 32.0. The Bertz CT molecular complexity index is 656. The molecule has 0 aliphatic rings. The number of ketones is 1. The first-order valence-corrected chi connectivity index (χ1v) is 13.0. The summed E-state index contributed by atoms with van der Waals surface area (Å²) in [6.07, 6.45) is 28.1. The van der Waals surface area contributed by atoms with Gasteiger partial charge in [0.25, 0.3) is 0 Å². The molecular weight excluding hydrogens is 426 g/mol. The summed E-state index contributed by atoms with van der Waals surface area (Å²) in [4.78, 5) is 23.8. The number of nitrogens with zero attached hydrogens (tertiary/aromatic N) is 1.